The van der Waals surface area contributed by atoms with Gasteiger partial charge in [0.15, 0.2) is 3.92 Å². The number of para-hydroxylation sites is 1. The van der Waals surface area contributed by atoms with E-state index in [9.17, 15) is 0 Å². The lowest BCUT2D eigenvalue weighted by Crippen LogP contribution is -1.95. The highest BCUT2D eigenvalue weighted by Crippen LogP contribution is 2.33. The van der Waals surface area contributed by atoms with Gasteiger partial charge in [-0.1, -0.05) is 37.1 Å². The van der Waals surface area contributed by atoms with Crippen LogP contribution in [0.1, 0.15) is 31.7 Å². The van der Waals surface area contributed by atoms with Gasteiger partial charge in [-0.3, -0.25) is 0 Å². The lowest BCUT2D eigenvalue weighted by atomic mass is 9.98. The maximum atomic E-state index is 5.77. The summed E-state index contributed by atoms with van der Waals surface area (Å²) in [5.41, 5.74) is 1.21. The van der Waals surface area contributed by atoms with Crippen LogP contribution in [-0.4, -0.2) is 10.2 Å². The molecule has 0 spiro atoms. The number of aromatic nitrogens is 2. The molecule has 1 aromatic carbocycles. The fourth-order valence-electron chi connectivity index (χ4n) is 1.53. The number of ether oxygens (including phenoxy) is 1. The van der Waals surface area contributed by atoms with E-state index in [4.69, 9.17) is 4.74 Å². The molecule has 3 nitrogen and oxygen atoms in total. The summed E-state index contributed by atoms with van der Waals surface area (Å²) in [5.74, 6) is 1.34. The second-order valence-electron chi connectivity index (χ2n) is 3.77. The van der Waals surface area contributed by atoms with Crippen molar-refractivity contribution in [3.63, 3.8) is 0 Å². The normalized spacial score (nSPS) is 12.4. The fourth-order valence-corrected chi connectivity index (χ4v) is 2.46. The van der Waals surface area contributed by atoms with Crippen molar-refractivity contribution in [1.82, 2.24) is 10.2 Å². The molecule has 2 aromatic rings. The van der Waals surface area contributed by atoms with Gasteiger partial charge in [0.25, 0.3) is 5.19 Å². The van der Waals surface area contributed by atoms with Crippen LogP contribution in [0, 0.1) is 0 Å². The molecule has 5 heteroatoms. The minimum atomic E-state index is 0.475. The van der Waals surface area contributed by atoms with E-state index in [0.29, 0.717) is 11.1 Å². The molecular weight excluding hydrogens is 300 g/mol. The molecule has 0 aliphatic heterocycles. The van der Waals surface area contributed by atoms with Gasteiger partial charge < -0.3 is 4.74 Å². The highest BCUT2D eigenvalue weighted by atomic mass is 79.9. The first-order chi connectivity index (χ1) is 8.20. The summed E-state index contributed by atoms with van der Waals surface area (Å²) in [6.45, 7) is 4.36. The molecule has 0 aliphatic rings. The van der Waals surface area contributed by atoms with Gasteiger partial charge in [0.05, 0.1) is 0 Å². The molecule has 1 aromatic heterocycles. The van der Waals surface area contributed by atoms with E-state index in [1.165, 1.54) is 16.9 Å². The second kappa shape index (κ2) is 5.60. The number of benzene rings is 1. The van der Waals surface area contributed by atoms with E-state index in [1.54, 1.807) is 0 Å². The third kappa shape index (κ3) is 3.04. The van der Waals surface area contributed by atoms with Crippen LogP contribution in [0.25, 0.3) is 0 Å². The molecule has 0 fully saturated rings. The van der Waals surface area contributed by atoms with Crippen LogP contribution in [0.4, 0.5) is 0 Å². The number of hydrogen-bond donors (Lipinski definition) is 0. The van der Waals surface area contributed by atoms with Crippen molar-refractivity contribution in [2.24, 2.45) is 0 Å². The minimum Gasteiger partial charge on any atom is -0.429 e. The third-order valence-electron chi connectivity index (χ3n) is 2.64. The highest BCUT2D eigenvalue weighted by Gasteiger charge is 2.12. The van der Waals surface area contributed by atoms with Gasteiger partial charge in [-0.15, -0.1) is 5.10 Å². The molecular formula is C12H13BrN2OS. The molecule has 90 valence electrons. The van der Waals surface area contributed by atoms with E-state index >= 15 is 0 Å². The predicted molar refractivity (Wildman–Crippen MR) is 72.8 cm³/mol. The van der Waals surface area contributed by atoms with Gasteiger partial charge >= 0.3 is 0 Å². The lowest BCUT2D eigenvalue weighted by molar-refractivity contribution is 0.461. The van der Waals surface area contributed by atoms with Crippen molar-refractivity contribution in [3.8, 4) is 10.9 Å². The largest absolute Gasteiger partial charge is 0.429 e. The Morgan fingerprint density at radius 3 is 2.76 bits per heavy atom. The Labute approximate surface area is 113 Å². The zero-order valence-corrected chi connectivity index (χ0v) is 12.1. The Morgan fingerprint density at radius 1 is 1.35 bits per heavy atom. The van der Waals surface area contributed by atoms with Crippen LogP contribution in [-0.2, 0) is 0 Å². The molecule has 2 rings (SSSR count). The van der Waals surface area contributed by atoms with E-state index in [-0.39, 0.29) is 0 Å². The van der Waals surface area contributed by atoms with Gasteiger partial charge in [-0.2, -0.15) is 0 Å². The van der Waals surface area contributed by atoms with Crippen molar-refractivity contribution < 1.29 is 4.74 Å². The van der Waals surface area contributed by atoms with Gasteiger partial charge in [-0.05, 0) is 51.2 Å². The minimum absolute atomic E-state index is 0.475. The van der Waals surface area contributed by atoms with E-state index in [1.807, 2.05) is 18.2 Å². The van der Waals surface area contributed by atoms with Crippen LogP contribution in [0.2, 0.25) is 0 Å². The molecule has 0 radical (unpaired) electrons. The number of nitrogens with zero attached hydrogens (tertiary/aromatic N) is 2. The number of halogens is 1. The SMILES string of the molecule is CCC(C)c1ccccc1Oc1nnc(Br)s1. The Balaban J connectivity index is 2.26. The predicted octanol–water partition coefficient (Wildman–Crippen LogP) is 4.61. The maximum Gasteiger partial charge on any atom is 0.300 e. The average molecular weight is 313 g/mol. The average Bonchev–Trinajstić information content (AvgIpc) is 2.74. The van der Waals surface area contributed by atoms with Crippen molar-refractivity contribution in [3.05, 3.63) is 33.7 Å². The standard InChI is InChI=1S/C12H13BrN2OS/c1-3-8(2)9-6-4-5-7-10(9)16-12-15-14-11(13)17-12/h4-8H,3H2,1-2H3. The summed E-state index contributed by atoms with van der Waals surface area (Å²) in [7, 11) is 0. The fraction of sp³-hybridized carbons (Fsp3) is 0.333. The smallest absolute Gasteiger partial charge is 0.300 e. The van der Waals surface area contributed by atoms with Crippen molar-refractivity contribution in [2.45, 2.75) is 26.2 Å². The molecule has 0 saturated heterocycles. The molecule has 0 saturated carbocycles. The summed E-state index contributed by atoms with van der Waals surface area (Å²) in [5, 5.41) is 8.37. The zero-order chi connectivity index (χ0) is 12.3. The van der Waals surface area contributed by atoms with Crippen molar-refractivity contribution in [2.75, 3.05) is 0 Å². The van der Waals surface area contributed by atoms with E-state index in [2.05, 4.69) is 46.0 Å². The Bertz CT molecular complexity index is 501. The topological polar surface area (TPSA) is 35.0 Å². The third-order valence-corrected chi connectivity index (χ3v) is 3.88. The molecule has 1 unspecified atom stereocenters. The van der Waals surface area contributed by atoms with Gasteiger partial charge in [0, 0.05) is 0 Å². The zero-order valence-electron chi connectivity index (χ0n) is 9.68. The summed E-state index contributed by atoms with van der Waals surface area (Å²) in [6.07, 6.45) is 1.08. The van der Waals surface area contributed by atoms with Gasteiger partial charge in [0.1, 0.15) is 5.75 Å². The summed E-state index contributed by atoms with van der Waals surface area (Å²) >= 11 is 4.65. The summed E-state index contributed by atoms with van der Waals surface area (Å²) < 4.78 is 6.50. The van der Waals surface area contributed by atoms with Crippen LogP contribution >= 0.6 is 27.3 Å². The first kappa shape index (κ1) is 12.5. The molecule has 0 amide bonds. The lowest BCUT2D eigenvalue weighted by Gasteiger charge is -2.13. The Kier molecular flexibility index (Phi) is 4.12. The van der Waals surface area contributed by atoms with Crippen molar-refractivity contribution in [1.29, 1.82) is 0 Å². The molecule has 0 aliphatic carbocycles. The number of rotatable bonds is 4. The monoisotopic (exact) mass is 312 g/mol. The maximum absolute atomic E-state index is 5.77. The summed E-state index contributed by atoms with van der Waals surface area (Å²) in [6, 6.07) is 8.07. The highest BCUT2D eigenvalue weighted by molar-refractivity contribution is 9.11. The second-order valence-corrected chi connectivity index (χ2v) is 5.99. The van der Waals surface area contributed by atoms with E-state index < -0.39 is 0 Å². The van der Waals surface area contributed by atoms with Crippen molar-refractivity contribution >= 4 is 27.3 Å². The van der Waals surface area contributed by atoms with E-state index in [0.717, 1.165) is 16.1 Å². The van der Waals surface area contributed by atoms with Gasteiger partial charge in [0.2, 0.25) is 0 Å². The Hall–Kier alpha value is -0.940. The summed E-state index contributed by atoms with van der Waals surface area (Å²) in [4.78, 5) is 0. The first-order valence-corrected chi connectivity index (χ1v) is 7.07. The Morgan fingerprint density at radius 2 is 2.12 bits per heavy atom. The quantitative estimate of drug-likeness (QED) is 0.827. The van der Waals surface area contributed by atoms with Crippen LogP contribution < -0.4 is 4.74 Å². The molecule has 1 atom stereocenters. The van der Waals surface area contributed by atoms with Crippen LogP contribution in [0.3, 0.4) is 0 Å². The molecule has 17 heavy (non-hydrogen) atoms. The molecule has 0 bridgehead atoms. The first-order valence-electron chi connectivity index (χ1n) is 5.46. The number of hydrogen-bond acceptors (Lipinski definition) is 4. The molecule has 1 heterocycles. The van der Waals surface area contributed by atoms with Crippen LogP contribution in [0.5, 0.6) is 10.9 Å². The molecule has 0 N–H and O–H groups in total. The van der Waals surface area contributed by atoms with Gasteiger partial charge in [-0.25, -0.2) is 0 Å². The van der Waals surface area contributed by atoms with Crippen LogP contribution in [0.15, 0.2) is 28.2 Å².